The number of alkyl halides is 8. The number of nitrogens with one attached hydrogen (secondary N) is 5. The first-order valence-corrected chi connectivity index (χ1v) is 35.4. The summed E-state index contributed by atoms with van der Waals surface area (Å²) < 4.78 is 191. The Morgan fingerprint density at radius 2 is 1.34 bits per heavy atom. The quantitative estimate of drug-likeness (QED) is 0.00600. The minimum absolute atomic E-state index is 0.0121. The zero-order chi connectivity index (χ0) is 79.9. The van der Waals surface area contributed by atoms with Crippen molar-refractivity contribution in [2.45, 2.75) is 154 Å². The molecule has 6 heterocycles. The number of benzene rings is 3. The van der Waals surface area contributed by atoms with Crippen LogP contribution in [0.2, 0.25) is 0 Å². The summed E-state index contributed by atoms with van der Waals surface area (Å²) in [4.78, 5) is 123. The molecule has 6 atom stereocenters. The highest BCUT2D eigenvalue weighted by Gasteiger charge is 2.58. The molecule has 3 saturated heterocycles. The molecule has 0 aliphatic carbocycles. The number of aromatic nitrogens is 5. The summed E-state index contributed by atoms with van der Waals surface area (Å²) in [6.07, 6.45) is -11.2. The summed E-state index contributed by atoms with van der Waals surface area (Å²) in [5.74, 6) is -2.84. The summed E-state index contributed by atoms with van der Waals surface area (Å²) in [6, 6.07) is 8.57. The summed E-state index contributed by atoms with van der Waals surface area (Å²) >= 11 is 0. The SMILES string of the molecule is COC(=O)N[C@H](C(=O)N[C@@H](Cc1ccc(C#Cc2cnc(N3CC4CCC(C3)N4C3COC3)nc2)cc1)[C@H](CN(Cc1c(F)cc(-c2ccn(C(F)F)n2)cc1F)NC(=O)[C@@H](NC(=O)OC)C(C)(C)C(F)(F)F)OC(=O)CC(C)(C)c1c(CC(=O)Nc2ccccn2)cc(C)cc1OP(=O)(O)O)C(C)(C)C(F)(F)F. The molecule has 3 aliphatic heterocycles. The molecule has 5 amide bonds. The number of methoxy groups -OCH3 is 2. The normalized spacial score (nSPS) is 16.9. The van der Waals surface area contributed by atoms with E-state index >= 15 is 44.7 Å². The van der Waals surface area contributed by atoms with Crippen LogP contribution in [0.15, 0.2) is 97.6 Å². The van der Waals surface area contributed by atoms with Gasteiger partial charge >= 0.3 is 44.9 Å². The minimum Gasteiger partial charge on any atom is -0.459 e. The smallest absolute Gasteiger partial charge is 0.459 e. The lowest BCUT2D eigenvalue weighted by Gasteiger charge is -2.47. The van der Waals surface area contributed by atoms with Crippen LogP contribution in [-0.2, 0) is 67.5 Å². The maximum atomic E-state index is 16.9. The fourth-order valence-corrected chi connectivity index (χ4v) is 13.4. The molecular formula is C71H80F10N13O14P. The van der Waals surface area contributed by atoms with Crippen LogP contribution < -0.4 is 36.1 Å². The van der Waals surface area contributed by atoms with E-state index in [0.717, 1.165) is 39.3 Å². The van der Waals surface area contributed by atoms with Crippen molar-refractivity contribution in [3.05, 3.63) is 148 Å². The maximum absolute atomic E-state index is 16.9. The number of phosphoric acid groups is 1. The topological polar surface area (TPSA) is 332 Å². The third-order valence-electron chi connectivity index (χ3n) is 19.0. The van der Waals surface area contributed by atoms with Crippen molar-refractivity contribution in [1.82, 2.24) is 56.0 Å². The molecule has 3 aliphatic rings. The van der Waals surface area contributed by atoms with Gasteiger partial charge in [-0.1, -0.05) is 50.0 Å². The predicted octanol–water partition coefficient (Wildman–Crippen LogP) is 9.29. The molecule has 588 valence electrons. The molecule has 27 nitrogen and oxygen atoms in total. The van der Waals surface area contributed by atoms with Crippen LogP contribution >= 0.6 is 7.82 Å². The van der Waals surface area contributed by atoms with Crippen molar-refractivity contribution >= 4 is 55.5 Å². The Morgan fingerprint density at radius 1 is 0.752 bits per heavy atom. The number of rotatable bonds is 28. The summed E-state index contributed by atoms with van der Waals surface area (Å²) in [7, 11) is -4.03. The second-order valence-corrected chi connectivity index (χ2v) is 29.3. The Bertz CT molecular complexity index is 4370. The van der Waals surface area contributed by atoms with E-state index in [1.165, 1.54) is 69.4 Å². The first kappa shape index (κ1) is 83.1. The first-order valence-electron chi connectivity index (χ1n) is 33.9. The van der Waals surface area contributed by atoms with Crippen LogP contribution in [0, 0.1) is 41.2 Å². The maximum Gasteiger partial charge on any atom is 0.524 e. The molecule has 6 aromatic rings. The van der Waals surface area contributed by atoms with Crippen molar-refractivity contribution in [1.29, 1.82) is 0 Å². The number of aryl methyl sites for hydroxylation is 1. The Balaban J connectivity index is 1.16. The van der Waals surface area contributed by atoms with E-state index in [0.29, 0.717) is 106 Å². The predicted molar refractivity (Wildman–Crippen MR) is 369 cm³/mol. The van der Waals surface area contributed by atoms with Crippen molar-refractivity contribution < 1.29 is 110 Å². The van der Waals surface area contributed by atoms with Gasteiger partial charge in [0.1, 0.15) is 41.4 Å². The van der Waals surface area contributed by atoms with Gasteiger partial charge in [-0.05, 0) is 119 Å². The lowest BCUT2D eigenvalue weighted by Crippen LogP contribution is -2.64. The van der Waals surface area contributed by atoms with Crippen molar-refractivity contribution in [2.24, 2.45) is 10.8 Å². The molecule has 0 radical (unpaired) electrons. The molecule has 109 heavy (non-hydrogen) atoms. The number of ether oxygens (including phenoxy) is 4. The van der Waals surface area contributed by atoms with Crippen LogP contribution in [0.1, 0.15) is 106 Å². The van der Waals surface area contributed by atoms with Gasteiger partial charge in [0.2, 0.25) is 17.8 Å². The van der Waals surface area contributed by atoms with Gasteiger partial charge < -0.3 is 49.6 Å². The summed E-state index contributed by atoms with van der Waals surface area (Å²) in [6.45, 7) is 3.05. The van der Waals surface area contributed by atoms with Crippen LogP contribution in [0.5, 0.6) is 5.75 Å². The number of hydrogen-bond acceptors (Lipinski definition) is 19. The molecule has 3 aromatic heterocycles. The number of piperazine rings is 1. The number of hydrazine groups is 1. The highest BCUT2D eigenvalue weighted by Crippen LogP contribution is 2.47. The lowest BCUT2D eigenvalue weighted by atomic mass is 9.77. The number of carbonyl (C=O) groups excluding carboxylic acids is 6. The van der Waals surface area contributed by atoms with E-state index in [2.05, 4.69) is 67.2 Å². The molecule has 2 unspecified atom stereocenters. The van der Waals surface area contributed by atoms with Crippen LogP contribution in [-0.4, -0.2) is 182 Å². The molecule has 0 spiro atoms. The van der Waals surface area contributed by atoms with Gasteiger partial charge in [-0.3, -0.25) is 39.3 Å². The fraction of sp³-hybridized carbons (Fsp3) is 0.465. The molecule has 2 bridgehead atoms. The number of alkyl carbamates (subject to hydrolysis) is 2. The number of nitrogens with zero attached hydrogens (tertiary/aromatic N) is 8. The largest absolute Gasteiger partial charge is 0.524 e. The standard InChI is InChI=1S/C71H80F10N13O14P/c1-39-24-44(29-56(95)86-55-12-10-11-22-82-55)58(53(25-39)108-109(101,102)103)67(2,3)30-57(96)107-54(36-92(90-62(98)60(88-66(100)105-9)69(6,7)71(79,80)81)35-48-49(72)27-43(28-50(48)73)51-21-23-93(89-51)63(74)75)52(85-61(97)59(87-65(99)104-8)68(4,5)70(76,77)78)26-41-16-13-40(14-17-41)15-18-42-31-83-64(84-32-42)91-33-45-19-20-46(34-91)94(45)47-37-106-38-47/h10-14,16-17,21-25,27-28,31-32,45-47,52,54,59-60,63H,19-20,26,29-30,33-38H2,1-9H3,(H,85,97)(H,87,99)(H,88,100)(H,90,98)(H,82,86,95)(H2,101,102,103)/t45?,46?,52-,54-,59+,60+/m0/s1. The van der Waals surface area contributed by atoms with E-state index in [-0.39, 0.29) is 32.8 Å². The third-order valence-corrected chi connectivity index (χ3v) is 19.4. The van der Waals surface area contributed by atoms with Gasteiger partial charge in [0, 0.05) is 84.2 Å². The van der Waals surface area contributed by atoms with Gasteiger partial charge in [0.15, 0.2) is 0 Å². The highest BCUT2D eigenvalue weighted by atomic mass is 31.2. The second-order valence-electron chi connectivity index (χ2n) is 28.2. The number of amides is 5. The Morgan fingerprint density at radius 3 is 1.86 bits per heavy atom. The summed E-state index contributed by atoms with van der Waals surface area (Å²) in [5.41, 5.74) is -7.38. The van der Waals surface area contributed by atoms with Gasteiger partial charge in [0.05, 0.1) is 81.0 Å². The third kappa shape index (κ3) is 20.7. The average Bonchev–Trinajstić information content (AvgIpc) is 1.64. The number of esters is 1. The molecular weight excluding hydrogens is 1480 g/mol. The second kappa shape index (κ2) is 33.9. The van der Waals surface area contributed by atoms with Crippen molar-refractivity contribution in [3.63, 3.8) is 0 Å². The summed E-state index contributed by atoms with van der Waals surface area (Å²) in [5, 5.41) is 12.7. The van der Waals surface area contributed by atoms with Crippen LogP contribution in [0.25, 0.3) is 11.3 Å². The van der Waals surface area contributed by atoms with Gasteiger partial charge in [-0.15, -0.1) is 0 Å². The number of halogens is 10. The Labute approximate surface area is 618 Å². The number of phosphoric ester groups is 1. The molecule has 9 rings (SSSR count). The van der Waals surface area contributed by atoms with Gasteiger partial charge in [-0.25, -0.2) is 47.6 Å². The molecule has 3 aromatic carbocycles. The van der Waals surface area contributed by atoms with Gasteiger partial charge in [0.25, 0.3) is 5.91 Å². The molecule has 3 fully saturated rings. The average molecular weight is 1560 g/mol. The van der Waals surface area contributed by atoms with E-state index < -0.39 is 170 Å². The van der Waals surface area contributed by atoms with E-state index in [9.17, 15) is 42.3 Å². The van der Waals surface area contributed by atoms with Crippen molar-refractivity contribution in [2.75, 3.05) is 57.3 Å². The number of fused-ring (bicyclic) bond motifs is 2. The first-order chi connectivity index (χ1) is 51.0. The van der Waals surface area contributed by atoms with Crippen LogP contribution in [0.3, 0.4) is 0 Å². The molecule has 0 saturated carbocycles. The monoisotopic (exact) mass is 1560 g/mol. The van der Waals surface area contributed by atoms with E-state index in [1.54, 1.807) is 29.8 Å². The number of pyridine rings is 1. The highest BCUT2D eigenvalue weighted by molar-refractivity contribution is 7.46. The van der Waals surface area contributed by atoms with Gasteiger partial charge in [-0.2, -0.15) is 40.2 Å². The Kier molecular flexibility index (Phi) is 25.8. The zero-order valence-electron chi connectivity index (χ0n) is 60.2. The number of anilines is 2. The molecule has 38 heteroatoms. The zero-order valence-corrected chi connectivity index (χ0v) is 61.1. The Hall–Kier alpha value is -9.99. The minimum atomic E-state index is -5.53. The van der Waals surface area contributed by atoms with E-state index in [4.69, 9.17) is 14.0 Å². The number of hydrogen-bond donors (Lipinski definition) is 7. The number of carbonyl (C=O) groups is 6. The van der Waals surface area contributed by atoms with Crippen LogP contribution in [0.4, 0.5) is 65.3 Å². The molecule has 7 N–H and O–H groups in total. The van der Waals surface area contributed by atoms with Crippen molar-refractivity contribution in [3.8, 4) is 28.8 Å². The fourth-order valence-electron chi connectivity index (χ4n) is 13.0. The lowest BCUT2D eigenvalue weighted by molar-refractivity contribution is -0.221. The van der Waals surface area contributed by atoms with E-state index in [1.807, 2.05) is 5.32 Å².